The third-order valence-electron chi connectivity index (χ3n) is 3.07. The van der Waals surface area contributed by atoms with Crippen LogP contribution in [-0.2, 0) is 0 Å². The van der Waals surface area contributed by atoms with Gasteiger partial charge in [-0.1, -0.05) is 6.08 Å². The lowest BCUT2D eigenvalue weighted by molar-refractivity contribution is 0.421. The summed E-state index contributed by atoms with van der Waals surface area (Å²) in [6.07, 6.45) is 2.68. The van der Waals surface area contributed by atoms with E-state index in [1.54, 1.807) is 24.3 Å². The zero-order valence-corrected chi connectivity index (χ0v) is 13.2. The van der Waals surface area contributed by atoms with Crippen molar-refractivity contribution in [1.82, 2.24) is 4.90 Å². The van der Waals surface area contributed by atoms with Crippen LogP contribution in [0.3, 0.4) is 0 Å². The minimum Gasteiger partial charge on any atom is -0.398 e. The van der Waals surface area contributed by atoms with Crippen molar-refractivity contribution < 1.29 is 0 Å². The Balaban J connectivity index is 2.94. The van der Waals surface area contributed by atoms with Crippen molar-refractivity contribution in [2.75, 3.05) is 26.4 Å². The van der Waals surface area contributed by atoms with Crippen LogP contribution in [0.2, 0.25) is 0 Å². The number of nitrogens with zero attached hydrogens (tertiary/aromatic N) is 2. The summed E-state index contributed by atoms with van der Waals surface area (Å²) in [6, 6.07) is 5.10. The number of benzene rings is 1. The van der Waals surface area contributed by atoms with E-state index in [4.69, 9.17) is 22.3 Å². The van der Waals surface area contributed by atoms with Gasteiger partial charge in [0.15, 0.2) is 5.84 Å². The summed E-state index contributed by atoms with van der Waals surface area (Å²) < 4.78 is 0. The fourth-order valence-corrected chi connectivity index (χ4v) is 1.82. The molecule has 1 aromatic rings. The molecule has 0 saturated carbocycles. The lowest BCUT2D eigenvalue weighted by atomic mass is 10.0. The van der Waals surface area contributed by atoms with E-state index >= 15 is 0 Å². The molecule has 0 bridgehead atoms. The average molecular weight is 300 g/mol. The smallest absolute Gasteiger partial charge is 0.153 e. The summed E-state index contributed by atoms with van der Waals surface area (Å²) in [6.45, 7) is 4.40. The Morgan fingerprint density at radius 2 is 2.05 bits per heavy atom. The topological polar surface area (TPSA) is 115 Å². The molecule has 1 aromatic carbocycles. The Kier molecular flexibility index (Phi) is 6.47. The second-order valence-electron chi connectivity index (χ2n) is 5.28. The van der Waals surface area contributed by atoms with E-state index in [1.807, 2.05) is 19.0 Å². The van der Waals surface area contributed by atoms with Gasteiger partial charge >= 0.3 is 0 Å². The average Bonchev–Trinajstić information content (AvgIpc) is 2.45. The summed E-state index contributed by atoms with van der Waals surface area (Å²) in [7, 11) is 3.91. The third-order valence-corrected chi connectivity index (χ3v) is 3.07. The Labute approximate surface area is 131 Å². The molecule has 6 nitrogen and oxygen atoms in total. The fraction of sp³-hybridized carbons (Fsp3) is 0.312. The Morgan fingerprint density at radius 3 is 2.64 bits per heavy atom. The second-order valence-corrected chi connectivity index (χ2v) is 5.28. The molecular formula is C16H24N6. The molecule has 0 saturated heterocycles. The fourth-order valence-electron chi connectivity index (χ4n) is 1.82. The number of aliphatic imine (C=N–C) groups is 1. The zero-order chi connectivity index (χ0) is 16.7. The van der Waals surface area contributed by atoms with Gasteiger partial charge in [-0.05, 0) is 32.3 Å². The number of nitrogens with two attached hydrogens (primary N) is 2. The van der Waals surface area contributed by atoms with E-state index < -0.39 is 0 Å². The van der Waals surface area contributed by atoms with Gasteiger partial charge in [-0.15, -0.1) is 6.58 Å². The van der Waals surface area contributed by atoms with E-state index in [9.17, 15) is 0 Å². The SMILES string of the molecule is C=CCC(=N)c1cc(C(=N)N=C(N)CCN(C)C)ccc1N. The molecule has 0 spiro atoms. The summed E-state index contributed by atoms with van der Waals surface area (Å²) in [4.78, 5) is 6.12. The third kappa shape index (κ3) is 5.14. The largest absolute Gasteiger partial charge is 0.398 e. The normalized spacial score (nSPS) is 11.5. The highest BCUT2D eigenvalue weighted by Gasteiger charge is 2.09. The molecule has 1 rings (SSSR count). The van der Waals surface area contributed by atoms with Gasteiger partial charge in [0.1, 0.15) is 5.84 Å². The van der Waals surface area contributed by atoms with Gasteiger partial charge in [0.05, 0.1) is 0 Å². The lowest BCUT2D eigenvalue weighted by Crippen LogP contribution is -2.22. The first-order valence-corrected chi connectivity index (χ1v) is 7.00. The van der Waals surface area contributed by atoms with Crippen molar-refractivity contribution in [1.29, 1.82) is 10.8 Å². The van der Waals surface area contributed by atoms with Crippen molar-refractivity contribution in [2.45, 2.75) is 12.8 Å². The van der Waals surface area contributed by atoms with Crippen LogP contribution in [0, 0.1) is 10.8 Å². The van der Waals surface area contributed by atoms with Crippen LogP contribution >= 0.6 is 0 Å². The number of allylic oxidation sites excluding steroid dienone is 1. The number of amidine groups is 2. The molecule has 0 amide bonds. The summed E-state index contributed by atoms with van der Waals surface area (Å²) in [5.74, 6) is 0.488. The van der Waals surface area contributed by atoms with E-state index in [-0.39, 0.29) is 5.84 Å². The molecule has 6 N–H and O–H groups in total. The highest BCUT2D eigenvalue weighted by atomic mass is 15.1. The lowest BCUT2D eigenvalue weighted by Gasteiger charge is -2.10. The first-order chi connectivity index (χ1) is 10.3. The van der Waals surface area contributed by atoms with Gasteiger partial charge in [0.25, 0.3) is 0 Å². The maximum Gasteiger partial charge on any atom is 0.153 e. The van der Waals surface area contributed by atoms with Gasteiger partial charge in [-0.25, -0.2) is 4.99 Å². The highest BCUT2D eigenvalue weighted by Crippen LogP contribution is 2.17. The van der Waals surface area contributed by atoms with Crippen LogP contribution in [0.4, 0.5) is 5.69 Å². The van der Waals surface area contributed by atoms with Crippen LogP contribution in [0.1, 0.15) is 24.0 Å². The Hall–Kier alpha value is -2.47. The quantitative estimate of drug-likeness (QED) is 0.266. The van der Waals surface area contributed by atoms with Crippen LogP contribution < -0.4 is 11.5 Å². The molecule has 0 atom stereocenters. The summed E-state index contributed by atoms with van der Waals surface area (Å²) >= 11 is 0. The maximum absolute atomic E-state index is 8.04. The Bertz CT molecular complexity index is 601. The molecular weight excluding hydrogens is 276 g/mol. The minimum absolute atomic E-state index is 0.0731. The van der Waals surface area contributed by atoms with E-state index in [2.05, 4.69) is 11.6 Å². The van der Waals surface area contributed by atoms with Crippen LogP contribution in [0.5, 0.6) is 0 Å². The van der Waals surface area contributed by atoms with Crippen molar-refractivity contribution in [3.63, 3.8) is 0 Å². The predicted octanol–water partition coefficient (Wildman–Crippen LogP) is 1.85. The number of anilines is 1. The maximum atomic E-state index is 8.04. The molecule has 0 heterocycles. The molecule has 118 valence electrons. The zero-order valence-electron chi connectivity index (χ0n) is 13.2. The van der Waals surface area contributed by atoms with Crippen molar-refractivity contribution >= 4 is 23.1 Å². The number of nitrogens with one attached hydrogen (secondary N) is 2. The van der Waals surface area contributed by atoms with E-state index in [1.165, 1.54) is 0 Å². The molecule has 0 aliphatic heterocycles. The van der Waals surface area contributed by atoms with Crippen molar-refractivity contribution in [3.05, 3.63) is 42.0 Å². The van der Waals surface area contributed by atoms with Crippen molar-refractivity contribution in [3.8, 4) is 0 Å². The molecule has 6 heteroatoms. The van der Waals surface area contributed by atoms with Gasteiger partial charge < -0.3 is 21.8 Å². The second kappa shape index (κ2) is 8.09. The van der Waals surface area contributed by atoms with Gasteiger partial charge in [0.2, 0.25) is 0 Å². The number of hydrogen-bond donors (Lipinski definition) is 4. The van der Waals surface area contributed by atoms with Crippen LogP contribution in [-0.4, -0.2) is 42.9 Å². The van der Waals surface area contributed by atoms with Crippen LogP contribution in [0.15, 0.2) is 35.8 Å². The summed E-state index contributed by atoms with van der Waals surface area (Å²) in [5.41, 5.74) is 13.8. The number of nitrogen functional groups attached to an aromatic ring is 1. The monoisotopic (exact) mass is 300 g/mol. The highest BCUT2D eigenvalue weighted by molar-refractivity contribution is 6.08. The number of hydrogen-bond acceptors (Lipinski definition) is 4. The van der Waals surface area contributed by atoms with Crippen molar-refractivity contribution in [2.24, 2.45) is 10.7 Å². The molecule has 0 aliphatic carbocycles. The van der Waals surface area contributed by atoms with E-state index in [0.29, 0.717) is 41.2 Å². The molecule has 0 radical (unpaired) electrons. The molecule has 0 aromatic heterocycles. The number of rotatable bonds is 7. The van der Waals surface area contributed by atoms with E-state index in [0.717, 1.165) is 6.54 Å². The molecule has 0 fully saturated rings. The standard InChI is InChI=1S/C16H24N6/c1-4-5-13(17)12-10-11(6-7-14(12)18)16(20)21-15(19)8-9-22(2)3/h4,6-7,10,17H,1,5,8-9,18H2,2-3H3,(H3,19,20,21). The Morgan fingerprint density at radius 1 is 1.36 bits per heavy atom. The minimum atomic E-state index is 0.0731. The predicted molar refractivity (Wildman–Crippen MR) is 94.1 cm³/mol. The first kappa shape index (κ1) is 17.6. The first-order valence-electron chi connectivity index (χ1n) is 7.00. The van der Waals surface area contributed by atoms with Gasteiger partial charge in [-0.3, -0.25) is 5.41 Å². The molecule has 0 aliphatic rings. The van der Waals surface area contributed by atoms with Gasteiger partial charge in [0, 0.05) is 41.9 Å². The summed E-state index contributed by atoms with van der Waals surface area (Å²) in [5, 5.41) is 16.0. The molecule has 0 unspecified atom stereocenters. The molecule has 22 heavy (non-hydrogen) atoms. The van der Waals surface area contributed by atoms with Gasteiger partial charge in [-0.2, -0.15) is 0 Å². The van der Waals surface area contributed by atoms with Crippen LogP contribution in [0.25, 0.3) is 0 Å².